The third kappa shape index (κ3) is 3.37. The number of nitrogen functional groups attached to an aromatic ring is 1. The summed E-state index contributed by atoms with van der Waals surface area (Å²) in [4.78, 5) is 12.0. The number of benzene rings is 1. The molecule has 0 radical (unpaired) electrons. The molecule has 0 spiro atoms. The first-order chi connectivity index (χ1) is 10.2. The van der Waals surface area contributed by atoms with E-state index in [0.29, 0.717) is 23.0 Å². The van der Waals surface area contributed by atoms with Gasteiger partial charge >= 0.3 is 0 Å². The van der Waals surface area contributed by atoms with Crippen LogP contribution in [0.4, 0.5) is 11.5 Å². The summed E-state index contributed by atoms with van der Waals surface area (Å²) in [5, 5.41) is 10.2. The van der Waals surface area contributed by atoms with Crippen LogP contribution in [0.3, 0.4) is 0 Å². The molecule has 8 heteroatoms. The summed E-state index contributed by atoms with van der Waals surface area (Å²) in [6, 6.07) is 8.11. The Morgan fingerprint density at radius 2 is 1.86 bits per heavy atom. The van der Waals surface area contributed by atoms with Gasteiger partial charge in [-0.2, -0.15) is 0 Å². The van der Waals surface area contributed by atoms with Crippen molar-refractivity contribution in [1.29, 1.82) is 0 Å². The Morgan fingerprint density at radius 1 is 1.10 bits per heavy atom. The highest BCUT2D eigenvalue weighted by Crippen LogP contribution is 2.29. The number of aromatic nitrogens is 2. The van der Waals surface area contributed by atoms with E-state index < -0.39 is 5.91 Å². The zero-order chi connectivity index (χ0) is 15.2. The van der Waals surface area contributed by atoms with E-state index in [4.69, 9.17) is 15.3 Å². The molecule has 0 saturated carbocycles. The molecule has 4 N–H and O–H groups in total. The van der Waals surface area contributed by atoms with Crippen molar-refractivity contribution in [2.45, 2.75) is 0 Å². The van der Waals surface area contributed by atoms with Crippen LogP contribution in [-0.4, -0.2) is 30.3 Å². The van der Waals surface area contributed by atoms with Gasteiger partial charge in [0.25, 0.3) is 5.91 Å². The van der Waals surface area contributed by atoms with Crippen LogP contribution in [0.15, 0.2) is 30.3 Å². The maximum atomic E-state index is 12.0. The predicted molar refractivity (Wildman–Crippen MR) is 77.3 cm³/mol. The molecular weight excluding hydrogens is 274 g/mol. The van der Waals surface area contributed by atoms with E-state index in [9.17, 15) is 4.79 Å². The van der Waals surface area contributed by atoms with Crippen LogP contribution >= 0.6 is 0 Å². The van der Waals surface area contributed by atoms with E-state index in [1.165, 1.54) is 13.2 Å². The summed E-state index contributed by atoms with van der Waals surface area (Å²) in [7, 11) is 3.06. The fourth-order valence-electron chi connectivity index (χ4n) is 1.64. The van der Waals surface area contributed by atoms with Crippen molar-refractivity contribution in [3.05, 3.63) is 36.0 Å². The van der Waals surface area contributed by atoms with Gasteiger partial charge in [-0.15, -0.1) is 10.2 Å². The van der Waals surface area contributed by atoms with Crippen LogP contribution < -0.4 is 26.1 Å². The highest BCUT2D eigenvalue weighted by atomic mass is 16.5. The number of rotatable bonds is 5. The van der Waals surface area contributed by atoms with E-state index in [2.05, 4.69) is 20.9 Å². The fraction of sp³-hybridized carbons (Fsp3) is 0.154. The number of anilines is 2. The maximum absolute atomic E-state index is 12.0. The highest BCUT2D eigenvalue weighted by Gasteiger charge is 2.11. The molecule has 0 unspecified atom stereocenters. The number of hydrogen-bond donors (Lipinski definition) is 3. The van der Waals surface area contributed by atoms with Gasteiger partial charge in [-0.05, 0) is 24.3 Å². The summed E-state index contributed by atoms with van der Waals surface area (Å²) >= 11 is 0. The standard InChI is InChI=1S/C13H15N5O3/c1-20-10-5-3-8(7-11(10)21-2)15-13(19)9-4-6-12(16-14)18-17-9/h3-7H,14H2,1-2H3,(H,15,19)(H,16,18). The molecule has 0 aliphatic carbocycles. The Bertz CT molecular complexity index is 630. The maximum Gasteiger partial charge on any atom is 0.276 e. The topological polar surface area (TPSA) is 111 Å². The number of nitrogens with two attached hydrogens (primary N) is 1. The smallest absolute Gasteiger partial charge is 0.276 e. The second-order valence-corrected chi connectivity index (χ2v) is 3.97. The van der Waals surface area contributed by atoms with Gasteiger partial charge in [-0.25, -0.2) is 5.84 Å². The second-order valence-electron chi connectivity index (χ2n) is 3.97. The zero-order valence-electron chi connectivity index (χ0n) is 11.6. The van der Waals surface area contributed by atoms with Gasteiger partial charge in [0.15, 0.2) is 23.0 Å². The number of amides is 1. The minimum atomic E-state index is -0.390. The van der Waals surface area contributed by atoms with E-state index in [1.807, 2.05) is 0 Å². The van der Waals surface area contributed by atoms with Gasteiger partial charge < -0.3 is 20.2 Å². The SMILES string of the molecule is COc1ccc(NC(=O)c2ccc(NN)nn2)cc1OC. The average molecular weight is 289 g/mol. The van der Waals surface area contributed by atoms with Gasteiger partial charge in [-0.1, -0.05) is 0 Å². The lowest BCUT2D eigenvalue weighted by atomic mass is 10.2. The average Bonchev–Trinajstić information content (AvgIpc) is 2.54. The number of hydrazine groups is 1. The molecule has 0 fully saturated rings. The van der Waals surface area contributed by atoms with Crippen LogP contribution in [0.5, 0.6) is 11.5 Å². The van der Waals surface area contributed by atoms with Gasteiger partial charge in [0.1, 0.15) is 0 Å². The summed E-state index contributed by atoms with van der Waals surface area (Å²) in [6.07, 6.45) is 0. The zero-order valence-corrected chi connectivity index (χ0v) is 11.6. The van der Waals surface area contributed by atoms with Crippen molar-refractivity contribution in [2.24, 2.45) is 5.84 Å². The predicted octanol–water partition coefficient (Wildman–Crippen LogP) is 1.03. The molecule has 0 aliphatic rings. The van der Waals surface area contributed by atoms with E-state index >= 15 is 0 Å². The van der Waals surface area contributed by atoms with Gasteiger partial charge in [0.2, 0.25) is 0 Å². The minimum Gasteiger partial charge on any atom is -0.493 e. The van der Waals surface area contributed by atoms with Gasteiger partial charge in [0, 0.05) is 11.8 Å². The van der Waals surface area contributed by atoms with Crippen LogP contribution in [0.25, 0.3) is 0 Å². The van der Waals surface area contributed by atoms with Crippen LogP contribution in [-0.2, 0) is 0 Å². The molecule has 0 saturated heterocycles. The number of hydrogen-bond acceptors (Lipinski definition) is 7. The van der Waals surface area contributed by atoms with Gasteiger partial charge in [0.05, 0.1) is 14.2 Å². The normalized spacial score (nSPS) is 9.86. The Kier molecular flexibility index (Phi) is 4.52. The lowest BCUT2D eigenvalue weighted by Gasteiger charge is -2.10. The van der Waals surface area contributed by atoms with Crippen LogP contribution in [0.2, 0.25) is 0 Å². The number of carbonyl (C=O) groups excluding carboxylic acids is 1. The molecular formula is C13H15N5O3. The molecule has 2 aromatic rings. The lowest BCUT2D eigenvalue weighted by Crippen LogP contribution is -2.16. The first-order valence-corrected chi connectivity index (χ1v) is 6.01. The quantitative estimate of drug-likeness (QED) is 0.556. The number of carbonyl (C=O) groups is 1. The van der Waals surface area contributed by atoms with E-state index in [-0.39, 0.29) is 5.69 Å². The molecule has 1 aromatic carbocycles. The number of methoxy groups -OCH3 is 2. The number of nitrogens with one attached hydrogen (secondary N) is 2. The first-order valence-electron chi connectivity index (χ1n) is 6.01. The molecule has 110 valence electrons. The third-order valence-electron chi connectivity index (χ3n) is 2.69. The first kappa shape index (κ1) is 14.5. The Hall–Kier alpha value is -2.87. The summed E-state index contributed by atoms with van der Waals surface area (Å²) in [5.41, 5.74) is 3.06. The monoisotopic (exact) mass is 289 g/mol. The lowest BCUT2D eigenvalue weighted by molar-refractivity contribution is 0.102. The molecule has 1 aromatic heterocycles. The third-order valence-corrected chi connectivity index (χ3v) is 2.69. The van der Waals surface area contributed by atoms with Crippen molar-refractivity contribution in [2.75, 3.05) is 25.0 Å². The Balaban J connectivity index is 2.14. The van der Waals surface area contributed by atoms with E-state index in [0.717, 1.165) is 0 Å². The summed E-state index contributed by atoms with van der Waals surface area (Å²) < 4.78 is 10.3. The highest BCUT2D eigenvalue weighted by molar-refractivity contribution is 6.02. The number of nitrogens with zero attached hydrogens (tertiary/aromatic N) is 2. The number of ether oxygens (including phenoxy) is 2. The summed E-state index contributed by atoms with van der Waals surface area (Å²) in [6.45, 7) is 0. The summed E-state index contributed by atoms with van der Waals surface area (Å²) in [5.74, 6) is 6.26. The minimum absolute atomic E-state index is 0.170. The fourth-order valence-corrected chi connectivity index (χ4v) is 1.64. The Morgan fingerprint density at radius 3 is 2.43 bits per heavy atom. The molecule has 2 rings (SSSR count). The largest absolute Gasteiger partial charge is 0.493 e. The van der Waals surface area contributed by atoms with Crippen molar-refractivity contribution >= 4 is 17.4 Å². The molecule has 1 heterocycles. The van der Waals surface area contributed by atoms with Gasteiger partial charge in [-0.3, -0.25) is 4.79 Å². The Labute approximate surface area is 121 Å². The molecule has 8 nitrogen and oxygen atoms in total. The van der Waals surface area contributed by atoms with Crippen LogP contribution in [0.1, 0.15) is 10.5 Å². The van der Waals surface area contributed by atoms with Crippen LogP contribution in [0, 0.1) is 0 Å². The molecule has 0 atom stereocenters. The van der Waals surface area contributed by atoms with Crippen molar-refractivity contribution in [3.63, 3.8) is 0 Å². The second kappa shape index (κ2) is 6.53. The molecule has 0 aliphatic heterocycles. The molecule has 0 bridgehead atoms. The van der Waals surface area contributed by atoms with E-state index in [1.54, 1.807) is 31.4 Å². The van der Waals surface area contributed by atoms with Crippen molar-refractivity contribution in [3.8, 4) is 11.5 Å². The van der Waals surface area contributed by atoms with Crippen molar-refractivity contribution in [1.82, 2.24) is 10.2 Å². The van der Waals surface area contributed by atoms with Crippen molar-refractivity contribution < 1.29 is 14.3 Å². The molecule has 21 heavy (non-hydrogen) atoms. The molecule has 1 amide bonds.